The maximum atomic E-state index is 11.5. The van der Waals surface area contributed by atoms with Crippen LogP contribution in [0.3, 0.4) is 0 Å². The lowest BCUT2D eigenvalue weighted by Gasteiger charge is -2.19. The number of allylic oxidation sites excluding steroid dienone is 2. The van der Waals surface area contributed by atoms with Crippen molar-refractivity contribution in [3.8, 4) is 5.75 Å². The van der Waals surface area contributed by atoms with Crippen LogP contribution in [0.1, 0.15) is 46.0 Å². The van der Waals surface area contributed by atoms with Gasteiger partial charge in [-0.3, -0.25) is 4.79 Å². The molecule has 172 valence electrons. The molecule has 3 N–H and O–H groups in total. The first-order valence-corrected chi connectivity index (χ1v) is 11.1. The van der Waals surface area contributed by atoms with Gasteiger partial charge in [-0.25, -0.2) is 0 Å². The van der Waals surface area contributed by atoms with Gasteiger partial charge in [-0.05, 0) is 51.2 Å². The quantitative estimate of drug-likeness (QED) is 0.266. The maximum Gasteiger partial charge on any atom is 0.306 e. The van der Waals surface area contributed by atoms with Crippen molar-refractivity contribution in [3.05, 3.63) is 54.6 Å². The fourth-order valence-corrected chi connectivity index (χ4v) is 3.77. The molecule has 1 aliphatic rings. The summed E-state index contributed by atoms with van der Waals surface area (Å²) in [5.41, 5.74) is 0. The minimum Gasteiger partial charge on any atom is -0.491 e. The number of carbonyl (C=O) groups excluding carboxylic acids is 1. The molecule has 5 atom stereocenters. The van der Waals surface area contributed by atoms with Gasteiger partial charge in [-0.2, -0.15) is 0 Å². The van der Waals surface area contributed by atoms with E-state index in [2.05, 4.69) is 0 Å². The summed E-state index contributed by atoms with van der Waals surface area (Å²) in [6, 6.07) is 9.27. The van der Waals surface area contributed by atoms with Gasteiger partial charge in [-0.15, -0.1) is 0 Å². The molecule has 0 radical (unpaired) electrons. The van der Waals surface area contributed by atoms with E-state index in [0.717, 1.165) is 12.8 Å². The van der Waals surface area contributed by atoms with Crippen LogP contribution < -0.4 is 4.74 Å². The number of esters is 1. The highest BCUT2D eigenvalue weighted by molar-refractivity contribution is 5.69. The van der Waals surface area contributed by atoms with Gasteiger partial charge in [0.2, 0.25) is 0 Å². The van der Waals surface area contributed by atoms with E-state index in [1.165, 1.54) is 0 Å². The second-order valence-corrected chi connectivity index (χ2v) is 8.33. The van der Waals surface area contributed by atoms with Gasteiger partial charge < -0.3 is 24.8 Å². The van der Waals surface area contributed by atoms with E-state index in [9.17, 15) is 20.1 Å². The monoisotopic (exact) mass is 432 g/mol. The molecule has 0 bridgehead atoms. The van der Waals surface area contributed by atoms with Crippen LogP contribution in [0.4, 0.5) is 0 Å². The second kappa shape index (κ2) is 13.3. The van der Waals surface area contributed by atoms with Gasteiger partial charge in [0, 0.05) is 18.8 Å². The fraction of sp³-hybridized carbons (Fsp3) is 0.560. The van der Waals surface area contributed by atoms with Crippen LogP contribution >= 0.6 is 0 Å². The average molecular weight is 433 g/mol. The first-order chi connectivity index (χ1) is 14.9. The molecule has 1 aromatic rings. The Morgan fingerprint density at radius 2 is 1.90 bits per heavy atom. The number of unbranched alkanes of at least 4 members (excludes halogenated alkanes) is 1. The van der Waals surface area contributed by atoms with E-state index in [0.29, 0.717) is 25.0 Å². The van der Waals surface area contributed by atoms with E-state index in [1.54, 1.807) is 12.2 Å². The zero-order valence-electron chi connectivity index (χ0n) is 18.5. The Labute approximate surface area is 185 Å². The molecule has 2 rings (SSSR count). The Morgan fingerprint density at radius 1 is 1.16 bits per heavy atom. The van der Waals surface area contributed by atoms with Crippen molar-refractivity contribution in [2.45, 2.75) is 70.4 Å². The molecule has 0 saturated heterocycles. The van der Waals surface area contributed by atoms with Crippen molar-refractivity contribution in [2.24, 2.45) is 11.8 Å². The summed E-state index contributed by atoms with van der Waals surface area (Å²) in [6.07, 6.45) is 8.12. The molecular weight excluding hydrogens is 396 g/mol. The number of aliphatic hydroxyl groups excluding tert-OH is 3. The molecule has 1 fully saturated rings. The highest BCUT2D eigenvalue weighted by Crippen LogP contribution is 2.36. The van der Waals surface area contributed by atoms with Crippen LogP contribution in [-0.4, -0.2) is 52.3 Å². The van der Waals surface area contributed by atoms with Crippen LogP contribution in [0, 0.1) is 11.8 Å². The Bertz CT molecular complexity index is 699. The summed E-state index contributed by atoms with van der Waals surface area (Å²) in [5.74, 6) is 0.159. The SMILES string of the molecule is CC(C)OC(=O)CCC/C=C\CC1C(/C=C/[C@@H](O)COc2ccccc2)[C@H](O)C[C@@H]1O. The summed E-state index contributed by atoms with van der Waals surface area (Å²) in [4.78, 5) is 11.5. The van der Waals surface area contributed by atoms with Crippen LogP contribution in [0.15, 0.2) is 54.6 Å². The molecule has 0 aliphatic heterocycles. The zero-order valence-corrected chi connectivity index (χ0v) is 18.5. The molecule has 1 aliphatic carbocycles. The lowest BCUT2D eigenvalue weighted by Crippen LogP contribution is -2.21. The van der Waals surface area contributed by atoms with Crippen molar-refractivity contribution in [3.63, 3.8) is 0 Å². The number of carbonyl (C=O) groups is 1. The summed E-state index contributed by atoms with van der Waals surface area (Å²) >= 11 is 0. The maximum absolute atomic E-state index is 11.5. The fourth-order valence-electron chi connectivity index (χ4n) is 3.77. The molecule has 31 heavy (non-hydrogen) atoms. The number of ether oxygens (including phenoxy) is 2. The molecule has 0 heterocycles. The number of hydrogen-bond donors (Lipinski definition) is 3. The summed E-state index contributed by atoms with van der Waals surface area (Å²) < 4.78 is 10.6. The topological polar surface area (TPSA) is 96.2 Å². The zero-order chi connectivity index (χ0) is 22.6. The highest BCUT2D eigenvalue weighted by Gasteiger charge is 2.39. The Morgan fingerprint density at radius 3 is 2.61 bits per heavy atom. The van der Waals surface area contributed by atoms with Gasteiger partial charge in [-0.1, -0.05) is 42.5 Å². The first-order valence-electron chi connectivity index (χ1n) is 11.1. The van der Waals surface area contributed by atoms with Crippen molar-refractivity contribution in [1.29, 1.82) is 0 Å². The third-order valence-electron chi connectivity index (χ3n) is 5.33. The van der Waals surface area contributed by atoms with Gasteiger partial charge in [0.05, 0.1) is 18.3 Å². The summed E-state index contributed by atoms with van der Waals surface area (Å²) in [5, 5.41) is 30.8. The third kappa shape index (κ3) is 9.25. The van der Waals surface area contributed by atoms with E-state index >= 15 is 0 Å². The number of aliphatic hydroxyl groups is 3. The average Bonchev–Trinajstić information content (AvgIpc) is 3.00. The number of rotatable bonds is 12. The molecule has 6 heteroatoms. The van der Waals surface area contributed by atoms with E-state index in [-0.39, 0.29) is 30.5 Å². The van der Waals surface area contributed by atoms with Crippen molar-refractivity contribution in [2.75, 3.05) is 6.61 Å². The molecule has 1 saturated carbocycles. The molecule has 2 unspecified atom stereocenters. The lowest BCUT2D eigenvalue weighted by atomic mass is 9.89. The van der Waals surface area contributed by atoms with Crippen molar-refractivity contribution >= 4 is 5.97 Å². The largest absolute Gasteiger partial charge is 0.491 e. The highest BCUT2D eigenvalue weighted by atomic mass is 16.5. The predicted molar refractivity (Wildman–Crippen MR) is 120 cm³/mol. The molecule has 1 aromatic carbocycles. The molecule has 0 spiro atoms. The predicted octanol–water partition coefficient (Wildman–Crippen LogP) is 3.41. The second-order valence-electron chi connectivity index (χ2n) is 8.33. The van der Waals surface area contributed by atoms with E-state index in [1.807, 2.05) is 56.3 Å². The Hall–Kier alpha value is -2.15. The number of hydrogen-bond acceptors (Lipinski definition) is 6. The number of benzene rings is 1. The number of para-hydroxylation sites is 1. The minimum atomic E-state index is -0.799. The first kappa shape index (κ1) is 25.1. The smallest absolute Gasteiger partial charge is 0.306 e. The van der Waals surface area contributed by atoms with Crippen molar-refractivity contribution < 1.29 is 29.6 Å². The van der Waals surface area contributed by atoms with Crippen LogP contribution in [0.2, 0.25) is 0 Å². The van der Waals surface area contributed by atoms with E-state index in [4.69, 9.17) is 9.47 Å². The molecule has 0 aromatic heterocycles. The molecular formula is C25H36O6. The van der Waals surface area contributed by atoms with Crippen molar-refractivity contribution in [1.82, 2.24) is 0 Å². The van der Waals surface area contributed by atoms with Crippen LogP contribution in [0.5, 0.6) is 5.75 Å². The van der Waals surface area contributed by atoms with Gasteiger partial charge in [0.15, 0.2) is 0 Å². The van der Waals surface area contributed by atoms with Gasteiger partial charge in [0.1, 0.15) is 18.5 Å². The normalized spacial score (nSPS) is 24.8. The van der Waals surface area contributed by atoms with Crippen LogP contribution in [0.25, 0.3) is 0 Å². The van der Waals surface area contributed by atoms with E-state index < -0.39 is 18.3 Å². The lowest BCUT2D eigenvalue weighted by molar-refractivity contribution is -0.147. The Balaban J connectivity index is 1.77. The van der Waals surface area contributed by atoms with Gasteiger partial charge in [0.25, 0.3) is 0 Å². The Kier molecular flexibility index (Phi) is 10.8. The minimum absolute atomic E-state index is 0.0910. The van der Waals surface area contributed by atoms with Crippen LogP contribution in [-0.2, 0) is 9.53 Å². The summed E-state index contributed by atoms with van der Waals surface area (Å²) in [7, 11) is 0. The standard InChI is InChI=1S/C25H36O6/c1-18(2)31-25(29)13-9-4-3-8-12-21-22(24(28)16-23(21)27)15-14-19(26)17-30-20-10-6-5-7-11-20/h3,5-8,10-11,14-15,18-19,21-24,26-28H,4,9,12-13,16-17H2,1-2H3/b8-3-,15-14+/t19-,21?,22?,23+,24-/m1/s1. The summed E-state index contributed by atoms with van der Waals surface area (Å²) in [6.45, 7) is 3.79. The molecule has 6 nitrogen and oxygen atoms in total. The molecule has 0 amide bonds. The third-order valence-corrected chi connectivity index (χ3v) is 5.33. The van der Waals surface area contributed by atoms with Gasteiger partial charge >= 0.3 is 5.97 Å².